The molecule has 21 heavy (non-hydrogen) atoms. The van der Waals surface area contributed by atoms with Gasteiger partial charge < -0.3 is 20.5 Å². The zero-order valence-corrected chi connectivity index (χ0v) is 12.4. The normalized spacial score (nSPS) is 10.0. The average Bonchev–Trinajstić information content (AvgIpc) is 2.48. The molecule has 110 valence electrons. The molecular weight excluding hydrogens is 292 g/mol. The van der Waals surface area contributed by atoms with Crippen LogP contribution in [0.3, 0.4) is 0 Å². The molecule has 5 nitrogen and oxygen atoms in total. The second-order valence-corrected chi connectivity index (χ2v) is 4.67. The summed E-state index contributed by atoms with van der Waals surface area (Å²) in [5, 5.41) is 3.62. The van der Waals surface area contributed by atoms with Crippen LogP contribution < -0.4 is 15.8 Å². The van der Waals surface area contributed by atoms with Gasteiger partial charge in [-0.25, -0.2) is 4.79 Å². The van der Waals surface area contributed by atoms with Crippen molar-refractivity contribution in [2.24, 2.45) is 0 Å². The smallest absolute Gasteiger partial charge is 0.340 e. The van der Waals surface area contributed by atoms with Crippen LogP contribution in [0.25, 0.3) is 0 Å². The number of esters is 1. The second-order valence-electron chi connectivity index (χ2n) is 4.23. The standard InChI is InChI=1S/C15H15ClN2O3/c1-20-13-7-6-9(16)8-12(13)18-14-10(15(19)21-2)4-3-5-11(14)17/h3-8,18H,17H2,1-2H3. The predicted octanol–water partition coefficient (Wildman–Crippen LogP) is 3.46. The van der Waals surface area contributed by atoms with Crippen LogP contribution >= 0.6 is 11.6 Å². The summed E-state index contributed by atoms with van der Waals surface area (Å²) in [6.07, 6.45) is 0. The van der Waals surface area contributed by atoms with E-state index in [1.807, 2.05) is 0 Å². The van der Waals surface area contributed by atoms with E-state index < -0.39 is 5.97 Å². The number of methoxy groups -OCH3 is 2. The first-order chi connectivity index (χ1) is 10.1. The molecule has 0 atom stereocenters. The molecule has 0 bridgehead atoms. The summed E-state index contributed by atoms with van der Waals surface area (Å²) >= 11 is 5.99. The first-order valence-electron chi connectivity index (χ1n) is 6.14. The second kappa shape index (κ2) is 6.37. The van der Waals surface area contributed by atoms with E-state index in [1.54, 1.807) is 43.5 Å². The molecule has 0 fully saturated rings. The minimum Gasteiger partial charge on any atom is -0.495 e. The average molecular weight is 307 g/mol. The van der Waals surface area contributed by atoms with E-state index in [4.69, 9.17) is 26.8 Å². The number of ether oxygens (including phenoxy) is 2. The van der Waals surface area contributed by atoms with Crippen LogP contribution in [0.5, 0.6) is 5.75 Å². The van der Waals surface area contributed by atoms with Crippen LogP contribution in [0.15, 0.2) is 36.4 Å². The van der Waals surface area contributed by atoms with Gasteiger partial charge in [-0.15, -0.1) is 0 Å². The third-order valence-electron chi connectivity index (χ3n) is 2.92. The van der Waals surface area contributed by atoms with Gasteiger partial charge in [-0.3, -0.25) is 0 Å². The van der Waals surface area contributed by atoms with E-state index in [9.17, 15) is 4.79 Å². The number of nitrogens with two attached hydrogens (primary N) is 1. The number of nitrogens with one attached hydrogen (secondary N) is 1. The molecule has 2 aromatic carbocycles. The van der Waals surface area contributed by atoms with Gasteiger partial charge in [0.2, 0.25) is 0 Å². The summed E-state index contributed by atoms with van der Waals surface area (Å²) in [6, 6.07) is 10.1. The van der Waals surface area contributed by atoms with Crippen molar-refractivity contribution in [2.75, 3.05) is 25.3 Å². The number of anilines is 3. The van der Waals surface area contributed by atoms with E-state index in [0.717, 1.165) is 0 Å². The fourth-order valence-electron chi connectivity index (χ4n) is 1.90. The summed E-state index contributed by atoms with van der Waals surface area (Å²) in [6.45, 7) is 0. The van der Waals surface area contributed by atoms with Gasteiger partial charge in [-0.1, -0.05) is 17.7 Å². The number of hydrogen-bond acceptors (Lipinski definition) is 5. The van der Waals surface area contributed by atoms with Crippen molar-refractivity contribution < 1.29 is 14.3 Å². The van der Waals surface area contributed by atoms with Crippen LogP contribution in [-0.2, 0) is 4.74 Å². The Kier molecular flexibility index (Phi) is 4.55. The summed E-state index contributed by atoms with van der Waals surface area (Å²) < 4.78 is 10.0. The van der Waals surface area contributed by atoms with Gasteiger partial charge in [0.05, 0.1) is 36.8 Å². The van der Waals surface area contributed by atoms with Gasteiger partial charge in [0.1, 0.15) is 5.75 Å². The zero-order chi connectivity index (χ0) is 15.4. The molecule has 2 aromatic rings. The molecule has 0 aliphatic carbocycles. The first-order valence-corrected chi connectivity index (χ1v) is 6.52. The van der Waals surface area contributed by atoms with E-state index in [1.165, 1.54) is 7.11 Å². The molecule has 0 saturated heterocycles. The third kappa shape index (κ3) is 3.20. The van der Waals surface area contributed by atoms with Crippen molar-refractivity contribution >= 4 is 34.6 Å². The van der Waals surface area contributed by atoms with Gasteiger partial charge in [0, 0.05) is 5.02 Å². The summed E-state index contributed by atoms with van der Waals surface area (Å²) in [7, 11) is 2.86. The Bertz CT molecular complexity index is 674. The number of halogens is 1. The monoisotopic (exact) mass is 306 g/mol. The highest BCUT2D eigenvalue weighted by Crippen LogP contribution is 2.34. The highest BCUT2D eigenvalue weighted by atomic mass is 35.5. The van der Waals surface area contributed by atoms with E-state index in [2.05, 4.69) is 5.32 Å². The van der Waals surface area contributed by atoms with Gasteiger partial charge in [0.25, 0.3) is 0 Å². The van der Waals surface area contributed by atoms with Crippen molar-refractivity contribution in [2.45, 2.75) is 0 Å². The molecular formula is C15H15ClN2O3. The molecule has 0 unspecified atom stereocenters. The molecule has 0 radical (unpaired) electrons. The Morgan fingerprint density at radius 2 is 2.00 bits per heavy atom. The molecule has 2 rings (SSSR count). The Morgan fingerprint density at radius 1 is 1.24 bits per heavy atom. The van der Waals surface area contributed by atoms with Gasteiger partial charge in [-0.05, 0) is 30.3 Å². The number of para-hydroxylation sites is 1. The third-order valence-corrected chi connectivity index (χ3v) is 3.16. The molecule has 6 heteroatoms. The maximum atomic E-state index is 11.8. The topological polar surface area (TPSA) is 73.6 Å². The Balaban J connectivity index is 2.49. The maximum absolute atomic E-state index is 11.8. The molecule has 0 spiro atoms. The van der Waals surface area contributed by atoms with Gasteiger partial charge >= 0.3 is 5.97 Å². The molecule has 0 amide bonds. The van der Waals surface area contributed by atoms with Crippen LogP contribution in [-0.4, -0.2) is 20.2 Å². The summed E-state index contributed by atoms with van der Waals surface area (Å²) in [5.74, 6) is 0.101. The van der Waals surface area contributed by atoms with Crippen LogP contribution in [0, 0.1) is 0 Å². The number of nitrogen functional groups attached to an aromatic ring is 1. The molecule has 3 N–H and O–H groups in total. The first kappa shape index (κ1) is 15.0. The summed E-state index contributed by atoms with van der Waals surface area (Å²) in [5.41, 5.74) is 7.75. The largest absolute Gasteiger partial charge is 0.495 e. The lowest BCUT2D eigenvalue weighted by atomic mass is 10.1. The van der Waals surface area contributed by atoms with Crippen LogP contribution in [0.4, 0.5) is 17.1 Å². The minimum absolute atomic E-state index is 0.333. The van der Waals surface area contributed by atoms with Crippen LogP contribution in [0.1, 0.15) is 10.4 Å². The van der Waals surface area contributed by atoms with Gasteiger partial charge in [0.15, 0.2) is 0 Å². The Labute approximate surface area is 127 Å². The van der Waals surface area contributed by atoms with E-state index in [0.29, 0.717) is 33.4 Å². The number of carbonyl (C=O) groups is 1. The molecule has 0 aliphatic rings. The summed E-state index contributed by atoms with van der Waals surface area (Å²) in [4.78, 5) is 11.8. The molecule has 0 aromatic heterocycles. The van der Waals surface area contributed by atoms with Crippen LogP contribution in [0.2, 0.25) is 5.02 Å². The highest BCUT2D eigenvalue weighted by Gasteiger charge is 2.16. The molecule has 0 aliphatic heterocycles. The lowest BCUT2D eigenvalue weighted by Gasteiger charge is -2.15. The lowest BCUT2D eigenvalue weighted by Crippen LogP contribution is -2.08. The van der Waals surface area contributed by atoms with Crippen molar-refractivity contribution in [3.63, 3.8) is 0 Å². The van der Waals surface area contributed by atoms with Crippen molar-refractivity contribution in [3.8, 4) is 5.75 Å². The Hall–Kier alpha value is -2.40. The fourth-order valence-corrected chi connectivity index (χ4v) is 2.07. The molecule has 0 heterocycles. The minimum atomic E-state index is -0.481. The van der Waals surface area contributed by atoms with E-state index in [-0.39, 0.29) is 0 Å². The van der Waals surface area contributed by atoms with Gasteiger partial charge in [-0.2, -0.15) is 0 Å². The SMILES string of the molecule is COC(=O)c1cccc(N)c1Nc1cc(Cl)ccc1OC. The lowest BCUT2D eigenvalue weighted by molar-refractivity contribution is 0.0602. The Morgan fingerprint density at radius 3 is 2.67 bits per heavy atom. The van der Waals surface area contributed by atoms with E-state index >= 15 is 0 Å². The number of hydrogen-bond donors (Lipinski definition) is 2. The van der Waals surface area contributed by atoms with Crippen molar-refractivity contribution in [1.29, 1.82) is 0 Å². The number of carbonyl (C=O) groups excluding carboxylic acids is 1. The maximum Gasteiger partial charge on any atom is 0.340 e. The molecule has 0 saturated carbocycles. The zero-order valence-electron chi connectivity index (χ0n) is 11.6. The quantitative estimate of drug-likeness (QED) is 0.668. The van der Waals surface area contributed by atoms with Crippen molar-refractivity contribution in [3.05, 3.63) is 47.0 Å². The number of rotatable bonds is 4. The van der Waals surface area contributed by atoms with Crippen molar-refractivity contribution in [1.82, 2.24) is 0 Å². The predicted molar refractivity (Wildman–Crippen MR) is 83.5 cm³/mol. The fraction of sp³-hybridized carbons (Fsp3) is 0.133. The highest BCUT2D eigenvalue weighted by molar-refractivity contribution is 6.31. The number of benzene rings is 2.